The summed E-state index contributed by atoms with van der Waals surface area (Å²) in [6.45, 7) is 3.66. The van der Waals surface area contributed by atoms with Crippen LogP contribution in [-0.2, 0) is 4.79 Å². The Hall–Kier alpha value is -1.75. The Balaban J connectivity index is 1.71. The number of nitrogens with zero attached hydrogens (tertiary/aromatic N) is 2. The normalized spacial score (nSPS) is 25.7. The van der Waals surface area contributed by atoms with Crippen LogP contribution in [0.2, 0.25) is 0 Å². The summed E-state index contributed by atoms with van der Waals surface area (Å²) in [5.41, 5.74) is 1.08. The summed E-state index contributed by atoms with van der Waals surface area (Å²) in [5.74, 6) is 2.48. The molecule has 27 heavy (non-hydrogen) atoms. The lowest BCUT2D eigenvalue weighted by Crippen LogP contribution is -2.45. The van der Waals surface area contributed by atoms with E-state index in [2.05, 4.69) is 18.9 Å². The number of carbonyl (C=O) groups is 1. The first-order valence-electron chi connectivity index (χ1n) is 10.3. The maximum Gasteiger partial charge on any atom is 0.237 e. The van der Waals surface area contributed by atoms with Crippen molar-refractivity contribution in [2.45, 2.75) is 57.5 Å². The molecule has 1 heterocycles. The molecule has 0 bridgehead atoms. The summed E-state index contributed by atoms with van der Waals surface area (Å²) < 4.78 is 10.9. The molecule has 1 amide bonds. The van der Waals surface area contributed by atoms with Gasteiger partial charge in [0.15, 0.2) is 0 Å². The van der Waals surface area contributed by atoms with Gasteiger partial charge in [-0.2, -0.15) is 0 Å². The predicted molar refractivity (Wildman–Crippen MR) is 107 cm³/mol. The van der Waals surface area contributed by atoms with E-state index in [-0.39, 0.29) is 11.9 Å². The maximum absolute atomic E-state index is 13.1. The molecule has 0 aromatic heterocycles. The van der Waals surface area contributed by atoms with Gasteiger partial charge in [-0.15, -0.1) is 0 Å². The SMILES string of the molecule is COc1ccc(C2CCCN2C(=O)CN(C)C2CCCCC2C)c(OC)c1. The van der Waals surface area contributed by atoms with Crippen LogP contribution in [0, 0.1) is 5.92 Å². The number of ether oxygens (including phenoxy) is 2. The van der Waals surface area contributed by atoms with Gasteiger partial charge in [0, 0.05) is 24.2 Å². The highest BCUT2D eigenvalue weighted by atomic mass is 16.5. The zero-order valence-corrected chi connectivity index (χ0v) is 17.2. The molecule has 2 aliphatic rings. The van der Waals surface area contributed by atoms with Crippen LogP contribution < -0.4 is 9.47 Å². The van der Waals surface area contributed by atoms with Crippen LogP contribution in [-0.4, -0.2) is 56.1 Å². The van der Waals surface area contributed by atoms with Crippen molar-refractivity contribution in [1.82, 2.24) is 9.80 Å². The zero-order chi connectivity index (χ0) is 19.4. The van der Waals surface area contributed by atoms with E-state index >= 15 is 0 Å². The van der Waals surface area contributed by atoms with Crippen LogP contribution in [0.5, 0.6) is 11.5 Å². The van der Waals surface area contributed by atoms with Gasteiger partial charge in [-0.3, -0.25) is 9.69 Å². The van der Waals surface area contributed by atoms with Crippen molar-refractivity contribution in [2.75, 3.05) is 34.4 Å². The number of hydrogen-bond acceptors (Lipinski definition) is 4. The van der Waals surface area contributed by atoms with Crippen molar-refractivity contribution in [3.63, 3.8) is 0 Å². The topological polar surface area (TPSA) is 42.0 Å². The predicted octanol–water partition coefficient (Wildman–Crippen LogP) is 3.88. The van der Waals surface area contributed by atoms with E-state index in [1.54, 1.807) is 14.2 Å². The molecular formula is C22H34N2O3. The molecule has 0 spiro atoms. The molecule has 1 aromatic carbocycles. The zero-order valence-electron chi connectivity index (χ0n) is 17.2. The number of rotatable bonds is 6. The minimum Gasteiger partial charge on any atom is -0.497 e. The Kier molecular flexibility index (Phi) is 6.64. The largest absolute Gasteiger partial charge is 0.497 e. The van der Waals surface area contributed by atoms with Gasteiger partial charge in [0.2, 0.25) is 5.91 Å². The van der Waals surface area contributed by atoms with E-state index in [0.717, 1.165) is 36.4 Å². The molecule has 1 aliphatic carbocycles. The van der Waals surface area contributed by atoms with Gasteiger partial charge in [-0.25, -0.2) is 0 Å². The standard InChI is InChI=1S/C22H34N2O3/c1-16-8-5-6-9-19(16)23(2)15-22(25)24-13-7-10-20(24)18-12-11-17(26-3)14-21(18)27-4/h11-12,14,16,19-20H,5-10,13,15H2,1-4H3. The number of benzene rings is 1. The van der Waals surface area contributed by atoms with Crippen LogP contribution >= 0.6 is 0 Å². The summed E-state index contributed by atoms with van der Waals surface area (Å²) in [7, 11) is 5.45. The summed E-state index contributed by atoms with van der Waals surface area (Å²) in [6.07, 6.45) is 7.11. The van der Waals surface area contributed by atoms with E-state index in [9.17, 15) is 4.79 Å². The van der Waals surface area contributed by atoms with E-state index in [1.165, 1.54) is 25.7 Å². The van der Waals surface area contributed by atoms with Crippen molar-refractivity contribution in [3.05, 3.63) is 23.8 Å². The highest BCUT2D eigenvalue weighted by Gasteiger charge is 2.34. The Morgan fingerprint density at radius 3 is 2.63 bits per heavy atom. The smallest absolute Gasteiger partial charge is 0.237 e. The molecule has 5 heteroatoms. The number of amides is 1. The molecule has 0 radical (unpaired) electrons. The summed E-state index contributed by atoms with van der Waals surface area (Å²) in [5, 5.41) is 0. The quantitative estimate of drug-likeness (QED) is 0.758. The molecule has 150 valence electrons. The van der Waals surface area contributed by atoms with Crippen LogP contribution in [0.15, 0.2) is 18.2 Å². The van der Waals surface area contributed by atoms with Crippen LogP contribution in [0.3, 0.4) is 0 Å². The van der Waals surface area contributed by atoms with Crippen LogP contribution in [0.4, 0.5) is 0 Å². The second-order valence-electron chi connectivity index (χ2n) is 8.10. The molecular weight excluding hydrogens is 340 g/mol. The van der Waals surface area contributed by atoms with Gasteiger partial charge in [0.1, 0.15) is 11.5 Å². The van der Waals surface area contributed by atoms with E-state index in [4.69, 9.17) is 9.47 Å². The molecule has 1 saturated carbocycles. The van der Waals surface area contributed by atoms with Gasteiger partial charge >= 0.3 is 0 Å². The van der Waals surface area contributed by atoms with Gasteiger partial charge in [0.25, 0.3) is 0 Å². The Labute approximate surface area is 163 Å². The minimum absolute atomic E-state index is 0.0931. The number of likely N-dealkylation sites (N-methyl/N-ethyl adjacent to an activating group) is 1. The molecule has 2 fully saturated rings. The van der Waals surface area contributed by atoms with Gasteiger partial charge in [-0.1, -0.05) is 19.8 Å². The fourth-order valence-corrected chi connectivity index (χ4v) is 4.86. The molecule has 1 aliphatic heterocycles. The third kappa shape index (κ3) is 4.40. The van der Waals surface area contributed by atoms with Crippen molar-refractivity contribution in [1.29, 1.82) is 0 Å². The van der Waals surface area contributed by atoms with E-state index in [0.29, 0.717) is 18.5 Å². The Morgan fingerprint density at radius 1 is 1.15 bits per heavy atom. The Morgan fingerprint density at radius 2 is 1.93 bits per heavy atom. The van der Waals surface area contributed by atoms with Gasteiger partial charge < -0.3 is 14.4 Å². The molecule has 3 rings (SSSR count). The molecule has 1 aromatic rings. The fraction of sp³-hybridized carbons (Fsp3) is 0.682. The molecule has 0 N–H and O–H groups in total. The van der Waals surface area contributed by atoms with Gasteiger partial charge in [-0.05, 0) is 50.8 Å². The first-order valence-corrected chi connectivity index (χ1v) is 10.3. The van der Waals surface area contributed by atoms with Crippen LogP contribution in [0.25, 0.3) is 0 Å². The Bertz CT molecular complexity index is 648. The average Bonchev–Trinajstić information content (AvgIpc) is 3.17. The number of methoxy groups -OCH3 is 2. The third-order valence-electron chi connectivity index (χ3n) is 6.39. The average molecular weight is 375 g/mol. The second-order valence-corrected chi connectivity index (χ2v) is 8.10. The highest BCUT2D eigenvalue weighted by molar-refractivity contribution is 5.79. The lowest BCUT2D eigenvalue weighted by molar-refractivity contribution is -0.134. The van der Waals surface area contributed by atoms with Crippen molar-refractivity contribution in [3.8, 4) is 11.5 Å². The summed E-state index contributed by atoms with van der Waals surface area (Å²) in [6, 6.07) is 6.52. The van der Waals surface area contributed by atoms with Crippen molar-refractivity contribution in [2.24, 2.45) is 5.92 Å². The molecule has 5 nitrogen and oxygen atoms in total. The number of carbonyl (C=O) groups excluding carboxylic acids is 1. The summed E-state index contributed by atoms with van der Waals surface area (Å²) >= 11 is 0. The summed E-state index contributed by atoms with van der Waals surface area (Å²) in [4.78, 5) is 17.5. The lowest BCUT2D eigenvalue weighted by atomic mass is 9.85. The fourth-order valence-electron chi connectivity index (χ4n) is 4.86. The monoisotopic (exact) mass is 374 g/mol. The highest BCUT2D eigenvalue weighted by Crippen LogP contribution is 2.39. The van der Waals surface area contributed by atoms with E-state index in [1.807, 2.05) is 23.1 Å². The molecule has 1 saturated heterocycles. The van der Waals surface area contributed by atoms with Crippen LogP contribution in [0.1, 0.15) is 57.1 Å². The lowest BCUT2D eigenvalue weighted by Gasteiger charge is -2.37. The molecule has 3 atom stereocenters. The van der Waals surface area contributed by atoms with Crippen molar-refractivity contribution < 1.29 is 14.3 Å². The van der Waals surface area contributed by atoms with Crippen molar-refractivity contribution >= 4 is 5.91 Å². The van der Waals surface area contributed by atoms with Gasteiger partial charge in [0.05, 0.1) is 26.8 Å². The number of likely N-dealkylation sites (tertiary alicyclic amines) is 1. The third-order valence-corrected chi connectivity index (χ3v) is 6.39. The minimum atomic E-state index is 0.0931. The molecule has 3 unspecified atom stereocenters. The maximum atomic E-state index is 13.1. The number of hydrogen-bond donors (Lipinski definition) is 0. The first kappa shape index (κ1) is 20.0. The second kappa shape index (κ2) is 8.96. The van der Waals surface area contributed by atoms with E-state index < -0.39 is 0 Å². The first-order chi connectivity index (χ1) is 13.0.